The first-order valence-corrected chi connectivity index (χ1v) is 7.54. The average Bonchev–Trinajstić information content (AvgIpc) is 3.16. The van der Waals surface area contributed by atoms with Crippen molar-refractivity contribution >= 4 is 28.9 Å². The molecular weight excluding hydrogens is 326 g/mol. The molecule has 3 aromatic rings. The van der Waals surface area contributed by atoms with Crippen LogP contribution in [-0.2, 0) is 11.3 Å². The van der Waals surface area contributed by atoms with E-state index in [1.165, 1.54) is 29.5 Å². The summed E-state index contributed by atoms with van der Waals surface area (Å²) in [4.78, 5) is 12.8. The summed E-state index contributed by atoms with van der Waals surface area (Å²) in [5.41, 5.74) is 0.538. The van der Waals surface area contributed by atoms with Crippen LogP contribution in [0.4, 0.5) is 0 Å². The highest BCUT2D eigenvalue weighted by molar-refractivity contribution is 7.13. The molecule has 22 heavy (non-hydrogen) atoms. The molecule has 0 spiro atoms. The fourth-order valence-electron chi connectivity index (χ4n) is 1.81. The topological polar surface area (TPSA) is 72.6 Å². The van der Waals surface area contributed by atoms with Gasteiger partial charge in [-0.3, -0.25) is 0 Å². The summed E-state index contributed by atoms with van der Waals surface area (Å²) >= 11 is 7.24. The van der Waals surface area contributed by atoms with E-state index < -0.39 is 5.97 Å². The van der Waals surface area contributed by atoms with E-state index in [0.29, 0.717) is 16.5 Å². The molecular formula is C15H10ClNO4S. The number of nitrogens with zero attached hydrogens (tertiary/aromatic N) is 1. The fourth-order valence-corrected chi connectivity index (χ4v) is 2.65. The molecule has 1 aromatic carbocycles. The number of halogens is 1. The molecule has 112 valence electrons. The maximum atomic E-state index is 11.9. The zero-order valence-corrected chi connectivity index (χ0v) is 12.7. The van der Waals surface area contributed by atoms with E-state index in [2.05, 4.69) is 5.16 Å². The van der Waals surface area contributed by atoms with Crippen molar-refractivity contribution in [3.63, 3.8) is 0 Å². The van der Waals surface area contributed by atoms with Crippen LogP contribution in [0.25, 0.3) is 10.6 Å². The lowest BCUT2D eigenvalue weighted by molar-refractivity contribution is 0.0461. The third-order valence-corrected chi connectivity index (χ3v) is 3.97. The molecule has 0 saturated carbocycles. The normalized spacial score (nSPS) is 10.6. The fraction of sp³-hybridized carbons (Fsp3) is 0.0667. The lowest BCUT2D eigenvalue weighted by atomic mass is 10.2. The monoisotopic (exact) mass is 335 g/mol. The highest BCUT2D eigenvalue weighted by atomic mass is 35.5. The standard InChI is InChI=1S/C15H10ClNO4S/c16-9-3-4-11(12(18)6-9)15(19)20-8-10-7-13(21-17-10)14-2-1-5-22-14/h1-7,18H,8H2. The summed E-state index contributed by atoms with van der Waals surface area (Å²) in [6, 6.07) is 9.71. The number of esters is 1. The van der Waals surface area contributed by atoms with Crippen molar-refractivity contribution in [3.05, 3.63) is 58.1 Å². The molecule has 2 heterocycles. The number of hydrogen-bond donors (Lipinski definition) is 1. The Morgan fingerprint density at radius 1 is 1.36 bits per heavy atom. The van der Waals surface area contributed by atoms with Gasteiger partial charge in [0.05, 0.1) is 4.88 Å². The molecule has 0 radical (unpaired) electrons. The minimum atomic E-state index is -0.658. The second kappa shape index (κ2) is 6.21. The Labute approximate surface area is 134 Å². The van der Waals surface area contributed by atoms with E-state index in [1.54, 1.807) is 6.07 Å². The first-order valence-electron chi connectivity index (χ1n) is 6.28. The minimum absolute atomic E-state index is 0.0459. The lowest BCUT2D eigenvalue weighted by Crippen LogP contribution is -2.05. The van der Waals surface area contributed by atoms with Gasteiger partial charge in [0, 0.05) is 11.1 Å². The Morgan fingerprint density at radius 2 is 2.23 bits per heavy atom. The van der Waals surface area contributed by atoms with E-state index >= 15 is 0 Å². The van der Waals surface area contributed by atoms with E-state index in [9.17, 15) is 9.90 Å². The van der Waals surface area contributed by atoms with Crippen molar-refractivity contribution in [1.29, 1.82) is 0 Å². The van der Waals surface area contributed by atoms with Crippen molar-refractivity contribution in [2.45, 2.75) is 6.61 Å². The Hall–Kier alpha value is -2.31. The maximum absolute atomic E-state index is 11.9. The number of hydrogen-bond acceptors (Lipinski definition) is 6. The van der Waals surface area contributed by atoms with Gasteiger partial charge in [-0.2, -0.15) is 0 Å². The zero-order valence-electron chi connectivity index (χ0n) is 11.2. The van der Waals surface area contributed by atoms with Gasteiger partial charge in [-0.1, -0.05) is 22.8 Å². The Bertz CT molecular complexity index is 798. The number of thiophene rings is 1. The molecule has 0 aliphatic carbocycles. The van der Waals surface area contributed by atoms with Gasteiger partial charge in [-0.15, -0.1) is 11.3 Å². The van der Waals surface area contributed by atoms with Crippen LogP contribution >= 0.6 is 22.9 Å². The predicted octanol–water partition coefficient (Wildman–Crippen LogP) is 4.12. The number of aromatic hydroxyl groups is 1. The van der Waals surface area contributed by atoms with Crippen molar-refractivity contribution < 1.29 is 19.2 Å². The molecule has 0 saturated heterocycles. The molecule has 0 amide bonds. The van der Waals surface area contributed by atoms with Crippen LogP contribution < -0.4 is 0 Å². The van der Waals surface area contributed by atoms with E-state index in [0.717, 1.165) is 4.88 Å². The van der Waals surface area contributed by atoms with Gasteiger partial charge in [-0.25, -0.2) is 4.79 Å². The van der Waals surface area contributed by atoms with E-state index in [-0.39, 0.29) is 17.9 Å². The summed E-state index contributed by atoms with van der Waals surface area (Å²) < 4.78 is 10.3. The highest BCUT2D eigenvalue weighted by Gasteiger charge is 2.15. The number of ether oxygens (including phenoxy) is 1. The third kappa shape index (κ3) is 3.13. The molecule has 0 aliphatic heterocycles. The molecule has 0 fully saturated rings. The van der Waals surface area contributed by atoms with Crippen LogP contribution in [0.1, 0.15) is 16.1 Å². The maximum Gasteiger partial charge on any atom is 0.342 e. The van der Waals surface area contributed by atoms with Gasteiger partial charge in [-0.05, 0) is 29.6 Å². The first kappa shape index (κ1) is 14.6. The summed E-state index contributed by atoms with van der Waals surface area (Å²) in [5.74, 6) is -0.262. The van der Waals surface area contributed by atoms with E-state index in [4.69, 9.17) is 20.9 Å². The molecule has 0 aliphatic rings. The van der Waals surface area contributed by atoms with Crippen LogP contribution in [0.3, 0.4) is 0 Å². The predicted molar refractivity (Wildman–Crippen MR) is 82.1 cm³/mol. The van der Waals surface area contributed by atoms with Crippen molar-refractivity contribution in [2.24, 2.45) is 0 Å². The quantitative estimate of drug-likeness (QED) is 0.726. The Kier molecular flexibility index (Phi) is 4.13. The minimum Gasteiger partial charge on any atom is -0.507 e. The van der Waals surface area contributed by atoms with Gasteiger partial charge < -0.3 is 14.4 Å². The summed E-state index contributed by atoms with van der Waals surface area (Å²) in [7, 11) is 0. The molecule has 1 N–H and O–H groups in total. The highest BCUT2D eigenvalue weighted by Crippen LogP contribution is 2.26. The van der Waals surface area contributed by atoms with Gasteiger partial charge in [0.25, 0.3) is 0 Å². The molecule has 0 bridgehead atoms. The number of benzene rings is 1. The zero-order chi connectivity index (χ0) is 15.5. The number of phenolic OH excluding ortho intramolecular Hbond substituents is 1. The van der Waals surface area contributed by atoms with Gasteiger partial charge in [0.1, 0.15) is 23.6 Å². The number of carbonyl (C=O) groups is 1. The SMILES string of the molecule is O=C(OCc1cc(-c2cccs2)on1)c1ccc(Cl)cc1O. The number of carbonyl (C=O) groups excluding carboxylic acids is 1. The first-order chi connectivity index (χ1) is 10.6. The summed E-state index contributed by atoms with van der Waals surface area (Å²) in [6.45, 7) is -0.0459. The van der Waals surface area contributed by atoms with Gasteiger partial charge in [0.2, 0.25) is 0 Å². The van der Waals surface area contributed by atoms with Crippen molar-refractivity contribution in [3.8, 4) is 16.4 Å². The smallest absolute Gasteiger partial charge is 0.342 e. The van der Waals surface area contributed by atoms with Crippen LogP contribution in [-0.4, -0.2) is 16.2 Å². The third-order valence-electron chi connectivity index (χ3n) is 2.85. The molecule has 0 unspecified atom stereocenters. The molecule has 2 aromatic heterocycles. The number of phenols is 1. The van der Waals surface area contributed by atoms with Crippen molar-refractivity contribution in [1.82, 2.24) is 5.16 Å². The van der Waals surface area contributed by atoms with Crippen LogP contribution in [0.15, 0.2) is 46.3 Å². The largest absolute Gasteiger partial charge is 0.507 e. The summed E-state index contributed by atoms with van der Waals surface area (Å²) in [6.07, 6.45) is 0. The van der Waals surface area contributed by atoms with Crippen LogP contribution in [0, 0.1) is 0 Å². The van der Waals surface area contributed by atoms with Gasteiger partial charge >= 0.3 is 5.97 Å². The van der Waals surface area contributed by atoms with Crippen LogP contribution in [0.2, 0.25) is 5.02 Å². The number of aromatic nitrogens is 1. The Morgan fingerprint density at radius 3 is 2.95 bits per heavy atom. The number of rotatable bonds is 4. The lowest BCUT2D eigenvalue weighted by Gasteiger charge is -2.04. The van der Waals surface area contributed by atoms with Gasteiger partial charge in [0.15, 0.2) is 5.76 Å². The van der Waals surface area contributed by atoms with E-state index in [1.807, 2.05) is 17.5 Å². The second-order valence-corrected chi connectivity index (χ2v) is 5.78. The Balaban J connectivity index is 1.66. The second-order valence-electron chi connectivity index (χ2n) is 4.40. The van der Waals surface area contributed by atoms with Crippen LogP contribution in [0.5, 0.6) is 5.75 Å². The molecule has 7 heteroatoms. The molecule has 5 nitrogen and oxygen atoms in total. The molecule has 0 atom stereocenters. The molecule has 3 rings (SSSR count). The van der Waals surface area contributed by atoms with Crippen molar-refractivity contribution in [2.75, 3.05) is 0 Å². The summed E-state index contributed by atoms with van der Waals surface area (Å²) in [5, 5.41) is 15.8. The average molecular weight is 336 g/mol.